The summed E-state index contributed by atoms with van der Waals surface area (Å²) >= 11 is 0. The summed E-state index contributed by atoms with van der Waals surface area (Å²) in [5, 5.41) is 1.82. The Hall–Kier alpha value is -1.20. The summed E-state index contributed by atoms with van der Waals surface area (Å²) in [5.74, 6) is 0. The summed E-state index contributed by atoms with van der Waals surface area (Å²) in [6, 6.07) is -0.240. The van der Waals surface area contributed by atoms with Crippen LogP contribution in [0.4, 0.5) is 8.78 Å². The van der Waals surface area contributed by atoms with Crippen molar-refractivity contribution in [3.63, 3.8) is 0 Å². The molecule has 18 heavy (non-hydrogen) atoms. The van der Waals surface area contributed by atoms with Gasteiger partial charge in [0.2, 0.25) is 0 Å². The van der Waals surface area contributed by atoms with Crippen LogP contribution in [0, 0.1) is 0 Å². The second-order valence-corrected chi connectivity index (χ2v) is 4.21. The van der Waals surface area contributed by atoms with Crippen molar-refractivity contribution in [3.05, 3.63) is 35.6 Å². The number of rotatable bonds is 5. The minimum Gasteiger partial charge on any atom is -0.319 e. The summed E-state index contributed by atoms with van der Waals surface area (Å²) in [6.07, 6.45) is 4.68. The van der Waals surface area contributed by atoms with Crippen molar-refractivity contribution in [1.82, 2.24) is 10.4 Å². The maximum absolute atomic E-state index is 12.6. The molecule has 0 saturated carbocycles. The van der Waals surface area contributed by atoms with Crippen LogP contribution in [0.15, 0.2) is 35.6 Å². The number of likely N-dealkylation sites (N-methyl/N-ethyl adjacent to an activating group) is 1. The highest BCUT2D eigenvalue weighted by atomic mass is 19.3. The van der Waals surface area contributed by atoms with E-state index in [0.29, 0.717) is 0 Å². The van der Waals surface area contributed by atoms with Gasteiger partial charge in [-0.1, -0.05) is 18.2 Å². The molecule has 0 aromatic rings. The van der Waals surface area contributed by atoms with Gasteiger partial charge in [-0.25, -0.2) is 5.43 Å². The van der Waals surface area contributed by atoms with Crippen LogP contribution in [-0.2, 0) is 4.74 Å². The number of hydrazine groups is 1. The Balaban J connectivity index is 2.70. The molecule has 5 heteroatoms. The second kappa shape index (κ2) is 6.11. The third-order valence-corrected chi connectivity index (χ3v) is 2.55. The highest BCUT2D eigenvalue weighted by Crippen LogP contribution is 2.21. The van der Waals surface area contributed by atoms with Gasteiger partial charge in [-0.05, 0) is 25.5 Å². The lowest BCUT2D eigenvalue weighted by atomic mass is 10.1. The monoisotopic (exact) mass is 258 g/mol. The Morgan fingerprint density at radius 1 is 1.56 bits per heavy atom. The first-order chi connectivity index (χ1) is 8.37. The van der Waals surface area contributed by atoms with Gasteiger partial charge >= 0.3 is 6.11 Å². The maximum Gasteiger partial charge on any atom is 0.352 e. The summed E-state index contributed by atoms with van der Waals surface area (Å²) < 4.78 is 29.7. The molecule has 1 aliphatic heterocycles. The van der Waals surface area contributed by atoms with Crippen LogP contribution in [0.3, 0.4) is 0 Å². The molecule has 1 heterocycles. The molecule has 0 aromatic heterocycles. The molecule has 0 radical (unpaired) electrons. The number of nitrogens with one attached hydrogen (secondary N) is 1. The first-order valence-corrected chi connectivity index (χ1v) is 5.90. The molecular formula is C13H20F2N2O. The number of hydrogen-bond acceptors (Lipinski definition) is 3. The molecule has 0 spiro atoms. The molecule has 0 fully saturated rings. The first kappa shape index (κ1) is 14.9. The van der Waals surface area contributed by atoms with Gasteiger partial charge in [0.25, 0.3) is 0 Å². The van der Waals surface area contributed by atoms with E-state index in [1.807, 2.05) is 50.2 Å². The number of hydrogen-bond donors (Lipinski definition) is 1. The standard InChI is InChI=1S/C13H20F2N2O/c1-5-7-10(6-2)12-8-11(16-17(12)4)9-18-13(3,14)15/h5-8,11,16H,9H2,1-4H3/b7-5-,10-6+. The Morgan fingerprint density at radius 3 is 2.72 bits per heavy atom. The molecule has 0 aromatic carbocycles. The maximum atomic E-state index is 12.6. The van der Waals surface area contributed by atoms with E-state index in [1.54, 1.807) is 0 Å². The number of alkyl halides is 2. The van der Waals surface area contributed by atoms with Crippen molar-refractivity contribution >= 4 is 0 Å². The molecule has 0 aliphatic carbocycles. The highest BCUT2D eigenvalue weighted by Gasteiger charge is 2.27. The van der Waals surface area contributed by atoms with Crippen LogP contribution in [0.1, 0.15) is 20.8 Å². The third kappa shape index (κ3) is 4.23. The molecule has 102 valence electrons. The van der Waals surface area contributed by atoms with Crippen molar-refractivity contribution in [2.45, 2.75) is 32.9 Å². The van der Waals surface area contributed by atoms with Gasteiger partial charge in [0.1, 0.15) is 0 Å². The largest absolute Gasteiger partial charge is 0.352 e. The molecule has 1 unspecified atom stereocenters. The first-order valence-electron chi connectivity index (χ1n) is 5.90. The van der Waals surface area contributed by atoms with Gasteiger partial charge in [0, 0.05) is 14.0 Å². The summed E-state index contributed by atoms with van der Waals surface area (Å²) in [4.78, 5) is 0. The number of halogens is 2. The minimum atomic E-state index is -3.09. The van der Waals surface area contributed by atoms with Gasteiger partial charge in [-0.2, -0.15) is 8.78 Å². The molecule has 3 nitrogen and oxygen atoms in total. The van der Waals surface area contributed by atoms with Crippen molar-refractivity contribution in [1.29, 1.82) is 0 Å². The van der Waals surface area contributed by atoms with Crippen LogP contribution >= 0.6 is 0 Å². The Morgan fingerprint density at radius 2 is 2.22 bits per heavy atom. The average molecular weight is 258 g/mol. The SMILES string of the molecule is C/C=C\C(=C/C)C1=CC(COC(C)(F)F)NN1C. The summed E-state index contributed by atoms with van der Waals surface area (Å²) in [7, 11) is 1.85. The van der Waals surface area contributed by atoms with Crippen molar-refractivity contribution in [3.8, 4) is 0 Å². The van der Waals surface area contributed by atoms with Gasteiger partial charge in [-0.15, -0.1) is 0 Å². The van der Waals surface area contributed by atoms with E-state index < -0.39 is 6.11 Å². The van der Waals surface area contributed by atoms with E-state index in [0.717, 1.165) is 18.2 Å². The van der Waals surface area contributed by atoms with E-state index >= 15 is 0 Å². The Labute approximate surface area is 107 Å². The van der Waals surface area contributed by atoms with Gasteiger partial charge in [0.15, 0.2) is 0 Å². The predicted octanol–water partition coefficient (Wildman–Crippen LogP) is 2.84. The van der Waals surface area contributed by atoms with Gasteiger partial charge < -0.3 is 9.75 Å². The fourth-order valence-corrected chi connectivity index (χ4v) is 1.78. The zero-order chi connectivity index (χ0) is 13.8. The molecule has 0 saturated heterocycles. The van der Waals surface area contributed by atoms with E-state index in [9.17, 15) is 8.78 Å². The quantitative estimate of drug-likeness (QED) is 0.767. The lowest BCUT2D eigenvalue weighted by molar-refractivity contribution is -0.226. The average Bonchev–Trinajstić information content (AvgIpc) is 2.64. The smallest absolute Gasteiger partial charge is 0.319 e. The molecular weight excluding hydrogens is 238 g/mol. The van der Waals surface area contributed by atoms with Crippen LogP contribution in [0.2, 0.25) is 0 Å². The van der Waals surface area contributed by atoms with E-state index in [4.69, 9.17) is 0 Å². The zero-order valence-corrected chi connectivity index (χ0v) is 11.2. The topological polar surface area (TPSA) is 24.5 Å². The molecule has 0 bridgehead atoms. The molecule has 0 amide bonds. The van der Waals surface area contributed by atoms with E-state index in [2.05, 4.69) is 10.2 Å². The zero-order valence-electron chi connectivity index (χ0n) is 11.2. The van der Waals surface area contributed by atoms with Crippen LogP contribution in [-0.4, -0.2) is 30.8 Å². The minimum absolute atomic E-state index is 0.0653. The third-order valence-electron chi connectivity index (χ3n) is 2.55. The normalized spacial score (nSPS) is 21.9. The van der Waals surface area contributed by atoms with Gasteiger partial charge in [-0.3, -0.25) is 0 Å². The second-order valence-electron chi connectivity index (χ2n) is 4.21. The number of allylic oxidation sites excluding steroid dienone is 3. The lowest BCUT2D eigenvalue weighted by Crippen LogP contribution is -2.38. The number of nitrogens with zero attached hydrogens (tertiary/aromatic N) is 1. The fraction of sp³-hybridized carbons (Fsp3) is 0.538. The lowest BCUT2D eigenvalue weighted by Gasteiger charge is -2.20. The molecule has 1 atom stereocenters. The highest BCUT2D eigenvalue weighted by molar-refractivity contribution is 5.40. The number of ether oxygens (including phenoxy) is 1. The molecule has 1 N–H and O–H groups in total. The summed E-state index contributed by atoms with van der Waals surface area (Å²) in [5.41, 5.74) is 5.06. The Kier molecular flexibility index (Phi) is 5.04. The van der Waals surface area contributed by atoms with Crippen molar-refractivity contribution in [2.75, 3.05) is 13.7 Å². The molecule has 1 aliphatic rings. The van der Waals surface area contributed by atoms with Crippen LogP contribution < -0.4 is 5.43 Å². The summed E-state index contributed by atoms with van der Waals surface area (Å²) in [6.45, 7) is 4.55. The van der Waals surface area contributed by atoms with Crippen LogP contribution in [0.5, 0.6) is 0 Å². The van der Waals surface area contributed by atoms with Gasteiger partial charge in [0.05, 0.1) is 18.3 Å². The van der Waals surface area contributed by atoms with E-state index in [-0.39, 0.29) is 12.6 Å². The molecule has 1 rings (SSSR count). The predicted molar refractivity (Wildman–Crippen MR) is 67.9 cm³/mol. The van der Waals surface area contributed by atoms with Crippen molar-refractivity contribution in [2.24, 2.45) is 0 Å². The van der Waals surface area contributed by atoms with Crippen molar-refractivity contribution < 1.29 is 13.5 Å². The van der Waals surface area contributed by atoms with Crippen LogP contribution in [0.25, 0.3) is 0 Å². The Bertz CT molecular complexity index is 370. The van der Waals surface area contributed by atoms with E-state index in [1.165, 1.54) is 0 Å². The fourth-order valence-electron chi connectivity index (χ4n) is 1.78.